The third-order valence-electron chi connectivity index (χ3n) is 3.17. The van der Waals surface area contributed by atoms with Gasteiger partial charge in [-0.1, -0.05) is 37.0 Å². The molecule has 0 saturated heterocycles. The molecule has 1 heterocycles. The van der Waals surface area contributed by atoms with E-state index < -0.39 is 5.91 Å². The summed E-state index contributed by atoms with van der Waals surface area (Å²) in [6.45, 7) is 4.45. The molecule has 2 rings (SSSR count). The number of benzene rings is 1. The van der Waals surface area contributed by atoms with E-state index in [-0.39, 0.29) is 23.0 Å². The lowest BCUT2D eigenvalue weighted by molar-refractivity contribution is -0.115. The van der Waals surface area contributed by atoms with E-state index in [2.05, 4.69) is 15.6 Å². The Hall–Kier alpha value is -2.31. The van der Waals surface area contributed by atoms with Crippen LogP contribution in [0.15, 0.2) is 36.5 Å². The van der Waals surface area contributed by atoms with E-state index in [1.54, 1.807) is 18.2 Å². The summed E-state index contributed by atoms with van der Waals surface area (Å²) in [4.78, 5) is 28.1. The van der Waals surface area contributed by atoms with Gasteiger partial charge in [0.1, 0.15) is 0 Å². The summed E-state index contributed by atoms with van der Waals surface area (Å²) in [6.07, 6.45) is 1.49. The number of rotatable bonds is 7. The average molecular weight is 396 g/mol. The molecule has 0 saturated carbocycles. The molecule has 26 heavy (non-hydrogen) atoms. The van der Waals surface area contributed by atoms with Crippen LogP contribution in [0.5, 0.6) is 5.88 Å². The first-order valence-corrected chi connectivity index (χ1v) is 8.72. The molecule has 0 aliphatic rings. The summed E-state index contributed by atoms with van der Waals surface area (Å²) in [6, 6.07) is 7.86. The molecule has 6 nitrogen and oxygen atoms in total. The summed E-state index contributed by atoms with van der Waals surface area (Å²) < 4.78 is 5.47. The van der Waals surface area contributed by atoms with Gasteiger partial charge in [-0.15, -0.1) is 0 Å². The minimum Gasteiger partial charge on any atom is -0.477 e. The second-order valence-corrected chi connectivity index (χ2v) is 6.79. The molecule has 2 aromatic rings. The van der Waals surface area contributed by atoms with Crippen LogP contribution in [0.2, 0.25) is 10.0 Å². The average Bonchev–Trinajstić information content (AvgIpc) is 2.59. The monoisotopic (exact) mass is 395 g/mol. The minimum atomic E-state index is -0.461. The minimum absolute atomic E-state index is 0.205. The Morgan fingerprint density at radius 3 is 2.58 bits per heavy atom. The van der Waals surface area contributed by atoms with Crippen molar-refractivity contribution in [1.29, 1.82) is 0 Å². The number of nitrogens with one attached hydrogen (secondary N) is 2. The summed E-state index contributed by atoms with van der Waals surface area (Å²) in [7, 11) is 0. The largest absolute Gasteiger partial charge is 0.477 e. The Bertz CT molecular complexity index is 780. The van der Waals surface area contributed by atoms with Crippen molar-refractivity contribution in [2.45, 2.75) is 13.8 Å². The van der Waals surface area contributed by atoms with Crippen LogP contribution >= 0.6 is 23.2 Å². The molecular formula is C18H19Cl2N3O3. The fourth-order valence-corrected chi connectivity index (χ4v) is 2.42. The second kappa shape index (κ2) is 9.40. The molecule has 0 radical (unpaired) electrons. The molecule has 2 N–H and O–H groups in total. The van der Waals surface area contributed by atoms with E-state index in [0.717, 1.165) is 0 Å². The van der Waals surface area contributed by atoms with Gasteiger partial charge in [-0.05, 0) is 30.2 Å². The third kappa shape index (κ3) is 6.20. The van der Waals surface area contributed by atoms with Crippen LogP contribution in [-0.2, 0) is 4.79 Å². The molecule has 0 fully saturated rings. The Kier molecular flexibility index (Phi) is 7.24. The van der Waals surface area contributed by atoms with E-state index in [4.69, 9.17) is 27.9 Å². The van der Waals surface area contributed by atoms with Crippen LogP contribution < -0.4 is 15.4 Å². The number of halogens is 2. The van der Waals surface area contributed by atoms with Gasteiger partial charge in [-0.3, -0.25) is 9.59 Å². The Morgan fingerprint density at radius 2 is 1.96 bits per heavy atom. The molecule has 0 aliphatic heterocycles. The zero-order valence-corrected chi connectivity index (χ0v) is 15.9. The molecule has 1 aromatic heterocycles. The number of carbonyl (C=O) groups is 2. The molecule has 0 unspecified atom stereocenters. The van der Waals surface area contributed by atoms with Crippen LogP contribution in [0.1, 0.15) is 24.2 Å². The number of anilines is 1. The molecule has 0 atom stereocenters. The second-order valence-electron chi connectivity index (χ2n) is 5.94. The number of hydrogen-bond acceptors (Lipinski definition) is 4. The Balaban J connectivity index is 1.83. The first-order valence-electron chi connectivity index (χ1n) is 7.97. The number of aromatic nitrogens is 1. The normalized spacial score (nSPS) is 10.5. The maximum Gasteiger partial charge on any atom is 0.253 e. The highest BCUT2D eigenvalue weighted by Gasteiger charge is 2.12. The van der Waals surface area contributed by atoms with Crippen molar-refractivity contribution < 1.29 is 14.3 Å². The summed E-state index contributed by atoms with van der Waals surface area (Å²) in [5.74, 6) is 0.0368. The number of carbonyl (C=O) groups excluding carboxylic acids is 2. The first-order chi connectivity index (χ1) is 12.3. The van der Waals surface area contributed by atoms with E-state index >= 15 is 0 Å². The highest BCUT2D eigenvalue weighted by Crippen LogP contribution is 2.20. The van der Waals surface area contributed by atoms with Gasteiger partial charge in [0.25, 0.3) is 5.91 Å². The van der Waals surface area contributed by atoms with Crippen molar-refractivity contribution in [2.24, 2.45) is 5.92 Å². The van der Waals surface area contributed by atoms with Gasteiger partial charge in [0.05, 0.1) is 35.6 Å². The first kappa shape index (κ1) is 20.0. The van der Waals surface area contributed by atoms with Crippen molar-refractivity contribution in [3.8, 4) is 5.88 Å². The zero-order chi connectivity index (χ0) is 19.1. The van der Waals surface area contributed by atoms with Gasteiger partial charge < -0.3 is 15.4 Å². The molecular weight excluding hydrogens is 377 g/mol. The number of nitrogens with zero attached hydrogens (tertiary/aromatic N) is 1. The smallest absolute Gasteiger partial charge is 0.253 e. The van der Waals surface area contributed by atoms with Crippen LogP contribution in [0.4, 0.5) is 5.69 Å². The topological polar surface area (TPSA) is 80.3 Å². The van der Waals surface area contributed by atoms with Gasteiger partial charge >= 0.3 is 0 Å². The number of pyridine rings is 1. The van der Waals surface area contributed by atoms with Gasteiger partial charge in [-0.25, -0.2) is 4.98 Å². The van der Waals surface area contributed by atoms with Crippen molar-refractivity contribution in [2.75, 3.05) is 18.5 Å². The lowest BCUT2D eigenvalue weighted by atomic mass is 10.2. The lowest BCUT2D eigenvalue weighted by Crippen LogP contribution is -2.33. The van der Waals surface area contributed by atoms with E-state index in [0.29, 0.717) is 29.1 Å². The van der Waals surface area contributed by atoms with Gasteiger partial charge in [0, 0.05) is 11.1 Å². The fourth-order valence-electron chi connectivity index (χ4n) is 1.93. The maximum absolute atomic E-state index is 12.1. The van der Waals surface area contributed by atoms with E-state index in [1.165, 1.54) is 18.3 Å². The number of amides is 2. The molecule has 138 valence electrons. The Morgan fingerprint density at radius 1 is 1.19 bits per heavy atom. The van der Waals surface area contributed by atoms with Crippen LogP contribution in [0.3, 0.4) is 0 Å². The van der Waals surface area contributed by atoms with Gasteiger partial charge in [0.2, 0.25) is 11.8 Å². The molecule has 0 bridgehead atoms. The van der Waals surface area contributed by atoms with Crippen LogP contribution in [-0.4, -0.2) is 29.9 Å². The maximum atomic E-state index is 12.1. The summed E-state index contributed by atoms with van der Waals surface area (Å²) >= 11 is 11.8. The zero-order valence-electron chi connectivity index (χ0n) is 14.4. The third-order valence-corrected chi connectivity index (χ3v) is 3.72. The SMILES string of the molecule is CC(C)COc1ccc(NC(=O)CNC(=O)c2ccc(Cl)cc2Cl)cn1. The summed E-state index contributed by atoms with van der Waals surface area (Å²) in [5, 5.41) is 5.79. The van der Waals surface area contributed by atoms with Crippen LogP contribution in [0, 0.1) is 5.92 Å². The highest BCUT2D eigenvalue weighted by molar-refractivity contribution is 6.36. The molecule has 2 amide bonds. The molecule has 8 heteroatoms. The summed E-state index contributed by atoms with van der Waals surface area (Å²) in [5.41, 5.74) is 0.753. The molecule has 1 aromatic carbocycles. The quantitative estimate of drug-likeness (QED) is 0.746. The molecule has 0 aliphatic carbocycles. The van der Waals surface area contributed by atoms with Gasteiger partial charge in [-0.2, -0.15) is 0 Å². The van der Waals surface area contributed by atoms with E-state index in [1.807, 2.05) is 13.8 Å². The Labute approximate surface area is 161 Å². The van der Waals surface area contributed by atoms with E-state index in [9.17, 15) is 9.59 Å². The number of ether oxygens (including phenoxy) is 1. The molecule has 0 spiro atoms. The van der Waals surface area contributed by atoms with Gasteiger partial charge in [0.15, 0.2) is 0 Å². The fraction of sp³-hybridized carbons (Fsp3) is 0.278. The number of hydrogen-bond donors (Lipinski definition) is 2. The predicted molar refractivity (Wildman–Crippen MR) is 102 cm³/mol. The van der Waals surface area contributed by atoms with Crippen molar-refractivity contribution >= 4 is 40.7 Å². The van der Waals surface area contributed by atoms with Crippen molar-refractivity contribution in [1.82, 2.24) is 10.3 Å². The van der Waals surface area contributed by atoms with Crippen molar-refractivity contribution in [3.63, 3.8) is 0 Å². The van der Waals surface area contributed by atoms with Crippen LogP contribution in [0.25, 0.3) is 0 Å². The highest BCUT2D eigenvalue weighted by atomic mass is 35.5. The standard InChI is InChI=1S/C18H19Cl2N3O3/c1-11(2)10-26-17-6-4-13(8-21-17)23-16(24)9-22-18(25)14-5-3-12(19)7-15(14)20/h3-8,11H,9-10H2,1-2H3,(H,22,25)(H,23,24). The predicted octanol–water partition coefficient (Wildman–Crippen LogP) is 3.79. The lowest BCUT2D eigenvalue weighted by Gasteiger charge is -2.10. The van der Waals surface area contributed by atoms with Crippen molar-refractivity contribution in [3.05, 3.63) is 52.1 Å².